The van der Waals surface area contributed by atoms with Gasteiger partial charge in [-0.1, -0.05) is 12.1 Å². The fourth-order valence-electron chi connectivity index (χ4n) is 3.70. The molecular weight excluding hydrogens is 420 g/mol. The molecule has 0 fully saturated rings. The van der Waals surface area contributed by atoms with E-state index in [2.05, 4.69) is 25.3 Å². The Balaban J connectivity index is 1.37. The van der Waals surface area contributed by atoms with Gasteiger partial charge in [0.15, 0.2) is 11.6 Å². The molecule has 0 spiro atoms. The molecule has 0 bridgehead atoms. The summed E-state index contributed by atoms with van der Waals surface area (Å²) in [5, 5.41) is 3.88. The Bertz CT molecular complexity index is 1470. The molecule has 0 aliphatic carbocycles. The summed E-state index contributed by atoms with van der Waals surface area (Å²) in [5.74, 6) is -0.835. The van der Waals surface area contributed by atoms with Crippen molar-refractivity contribution in [2.75, 3.05) is 5.32 Å². The lowest BCUT2D eigenvalue weighted by Gasteiger charge is -2.11. The number of nitrogens with one attached hydrogen (secondary N) is 1. The predicted molar refractivity (Wildman–Crippen MR) is 124 cm³/mol. The van der Waals surface area contributed by atoms with E-state index < -0.39 is 11.6 Å². The summed E-state index contributed by atoms with van der Waals surface area (Å²) in [6, 6.07) is 15.9. The highest BCUT2D eigenvalue weighted by atomic mass is 19.1. The van der Waals surface area contributed by atoms with Crippen LogP contribution in [0.5, 0.6) is 0 Å². The number of nitrogens with zero attached hydrogens (tertiary/aromatic N) is 4. The van der Waals surface area contributed by atoms with E-state index in [1.165, 1.54) is 6.07 Å². The first-order valence-electron chi connectivity index (χ1n) is 10.4. The van der Waals surface area contributed by atoms with Crippen molar-refractivity contribution in [3.8, 4) is 22.4 Å². The van der Waals surface area contributed by atoms with Gasteiger partial charge in [-0.2, -0.15) is 0 Å². The van der Waals surface area contributed by atoms with Gasteiger partial charge in [-0.3, -0.25) is 15.0 Å². The molecule has 5 rings (SSSR count). The van der Waals surface area contributed by atoms with Crippen LogP contribution in [0, 0.1) is 18.6 Å². The Morgan fingerprint density at radius 1 is 0.818 bits per heavy atom. The smallest absolute Gasteiger partial charge is 0.173 e. The predicted octanol–water partition coefficient (Wildman–Crippen LogP) is 5.95. The maximum absolute atomic E-state index is 15.2. The van der Waals surface area contributed by atoms with Crippen LogP contribution >= 0.6 is 0 Å². The Kier molecular flexibility index (Phi) is 5.44. The molecule has 7 heteroatoms. The second-order valence-electron chi connectivity index (χ2n) is 7.65. The van der Waals surface area contributed by atoms with Crippen LogP contribution in [0.1, 0.15) is 11.3 Å². The van der Waals surface area contributed by atoms with Crippen LogP contribution < -0.4 is 5.32 Å². The SMILES string of the molecule is Cc1cc(-c2ncc(CNc3nccc(-c4ccc5ncccc5c4)c3F)cc2F)ccn1. The molecule has 5 nitrogen and oxygen atoms in total. The topological polar surface area (TPSA) is 63.6 Å². The number of fused-ring (bicyclic) bond motifs is 1. The summed E-state index contributed by atoms with van der Waals surface area (Å²) >= 11 is 0. The largest absolute Gasteiger partial charge is 0.363 e. The summed E-state index contributed by atoms with van der Waals surface area (Å²) < 4.78 is 29.9. The number of benzene rings is 1. The summed E-state index contributed by atoms with van der Waals surface area (Å²) in [5.41, 5.74) is 4.25. The van der Waals surface area contributed by atoms with Crippen LogP contribution in [0.4, 0.5) is 14.6 Å². The first kappa shape index (κ1) is 20.6. The number of hydrogen-bond donors (Lipinski definition) is 1. The summed E-state index contributed by atoms with van der Waals surface area (Å²) in [7, 11) is 0. The monoisotopic (exact) mass is 439 g/mol. The third-order valence-electron chi connectivity index (χ3n) is 5.33. The van der Waals surface area contributed by atoms with Crippen molar-refractivity contribution in [3.05, 3.63) is 102 Å². The van der Waals surface area contributed by atoms with E-state index in [1.54, 1.807) is 43.0 Å². The van der Waals surface area contributed by atoms with Crippen LogP contribution in [0.25, 0.3) is 33.3 Å². The molecule has 0 radical (unpaired) electrons. The molecule has 0 atom stereocenters. The van der Waals surface area contributed by atoms with Gasteiger partial charge in [0.25, 0.3) is 0 Å². The van der Waals surface area contributed by atoms with E-state index in [9.17, 15) is 4.39 Å². The molecule has 4 heterocycles. The second kappa shape index (κ2) is 8.70. The maximum atomic E-state index is 15.2. The average Bonchev–Trinajstić information content (AvgIpc) is 2.83. The minimum atomic E-state index is -0.474. The number of halogens is 2. The average molecular weight is 439 g/mol. The first-order valence-corrected chi connectivity index (χ1v) is 10.4. The molecular formula is C26H19F2N5. The molecule has 0 unspecified atom stereocenters. The fourth-order valence-corrected chi connectivity index (χ4v) is 3.70. The Hall–Kier alpha value is -4.26. The fraction of sp³-hybridized carbons (Fsp3) is 0.0769. The van der Waals surface area contributed by atoms with Gasteiger partial charge in [-0.05, 0) is 60.5 Å². The number of aromatic nitrogens is 4. The van der Waals surface area contributed by atoms with Crippen molar-refractivity contribution in [2.24, 2.45) is 0 Å². The maximum Gasteiger partial charge on any atom is 0.173 e. The first-order chi connectivity index (χ1) is 16.1. The minimum absolute atomic E-state index is 0.0908. The zero-order chi connectivity index (χ0) is 22.8. The standard InChI is InChI=1S/C26H19F2N5/c1-16-11-20(6-9-29-16)25-22(27)12-17(14-32-25)15-33-26-24(28)21(7-10-31-26)18-4-5-23-19(13-18)3-2-8-30-23/h2-14H,15H2,1H3,(H,31,33). The third kappa shape index (κ3) is 4.25. The molecule has 0 saturated heterocycles. The van der Waals surface area contributed by atoms with Crippen LogP contribution in [0.2, 0.25) is 0 Å². The van der Waals surface area contributed by atoms with E-state index in [-0.39, 0.29) is 18.1 Å². The normalized spacial score (nSPS) is 11.0. The molecule has 5 aromatic rings. The summed E-state index contributed by atoms with van der Waals surface area (Å²) in [4.78, 5) is 16.8. The number of anilines is 1. The summed E-state index contributed by atoms with van der Waals surface area (Å²) in [6.07, 6.45) is 6.45. The lowest BCUT2D eigenvalue weighted by molar-refractivity contribution is 0.622. The van der Waals surface area contributed by atoms with E-state index in [0.29, 0.717) is 16.7 Å². The van der Waals surface area contributed by atoms with Gasteiger partial charge in [0, 0.05) is 53.5 Å². The molecule has 33 heavy (non-hydrogen) atoms. The molecule has 0 saturated carbocycles. The molecule has 162 valence electrons. The van der Waals surface area contributed by atoms with Crippen LogP contribution in [-0.4, -0.2) is 19.9 Å². The van der Waals surface area contributed by atoms with Crippen molar-refractivity contribution in [2.45, 2.75) is 13.5 Å². The van der Waals surface area contributed by atoms with Gasteiger partial charge in [-0.15, -0.1) is 0 Å². The van der Waals surface area contributed by atoms with E-state index in [1.807, 2.05) is 37.3 Å². The third-order valence-corrected chi connectivity index (χ3v) is 5.33. The van der Waals surface area contributed by atoms with Crippen LogP contribution in [0.3, 0.4) is 0 Å². The Morgan fingerprint density at radius 2 is 1.70 bits per heavy atom. The quantitative estimate of drug-likeness (QED) is 0.366. The van der Waals surface area contributed by atoms with Crippen molar-refractivity contribution in [3.63, 3.8) is 0 Å². The highest BCUT2D eigenvalue weighted by Gasteiger charge is 2.13. The minimum Gasteiger partial charge on any atom is -0.363 e. The second-order valence-corrected chi connectivity index (χ2v) is 7.65. The van der Waals surface area contributed by atoms with E-state index in [4.69, 9.17) is 0 Å². The summed E-state index contributed by atoms with van der Waals surface area (Å²) in [6.45, 7) is 2.01. The van der Waals surface area contributed by atoms with Gasteiger partial charge in [-0.25, -0.2) is 13.8 Å². The van der Waals surface area contributed by atoms with Crippen molar-refractivity contribution < 1.29 is 8.78 Å². The Morgan fingerprint density at radius 3 is 2.55 bits per heavy atom. The van der Waals surface area contributed by atoms with Crippen molar-refractivity contribution in [1.82, 2.24) is 19.9 Å². The van der Waals surface area contributed by atoms with Crippen LogP contribution in [-0.2, 0) is 6.54 Å². The van der Waals surface area contributed by atoms with Gasteiger partial charge in [0.05, 0.1) is 5.52 Å². The van der Waals surface area contributed by atoms with Crippen molar-refractivity contribution in [1.29, 1.82) is 0 Å². The molecule has 1 N–H and O–H groups in total. The number of aryl methyl sites for hydroxylation is 1. The van der Waals surface area contributed by atoms with E-state index >= 15 is 4.39 Å². The zero-order valence-corrected chi connectivity index (χ0v) is 17.8. The molecule has 1 aromatic carbocycles. The number of rotatable bonds is 5. The van der Waals surface area contributed by atoms with Crippen LogP contribution in [0.15, 0.2) is 79.4 Å². The molecule has 0 aliphatic heterocycles. The molecule has 0 amide bonds. The number of pyridine rings is 4. The highest BCUT2D eigenvalue weighted by Crippen LogP contribution is 2.29. The zero-order valence-electron chi connectivity index (χ0n) is 17.8. The lowest BCUT2D eigenvalue weighted by Crippen LogP contribution is -2.06. The number of hydrogen-bond acceptors (Lipinski definition) is 5. The van der Waals surface area contributed by atoms with Crippen molar-refractivity contribution >= 4 is 16.7 Å². The highest BCUT2D eigenvalue weighted by molar-refractivity contribution is 5.84. The van der Waals surface area contributed by atoms with Gasteiger partial charge >= 0.3 is 0 Å². The Labute approximate surface area is 189 Å². The van der Waals surface area contributed by atoms with Gasteiger partial charge < -0.3 is 5.32 Å². The van der Waals surface area contributed by atoms with Gasteiger partial charge in [0.1, 0.15) is 11.5 Å². The molecule has 4 aromatic heterocycles. The van der Waals surface area contributed by atoms with Gasteiger partial charge in [0.2, 0.25) is 0 Å². The molecule has 0 aliphatic rings. The van der Waals surface area contributed by atoms with E-state index in [0.717, 1.165) is 22.2 Å². The lowest BCUT2D eigenvalue weighted by atomic mass is 10.0.